The first kappa shape index (κ1) is 20.9. The summed E-state index contributed by atoms with van der Waals surface area (Å²) < 4.78 is 5.34. The molecule has 0 aliphatic carbocycles. The lowest BCUT2D eigenvalue weighted by molar-refractivity contribution is -0.137. The maximum atomic E-state index is 12.7. The number of esters is 1. The van der Waals surface area contributed by atoms with Crippen molar-refractivity contribution in [3.05, 3.63) is 59.7 Å². The zero-order valence-electron chi connectivity index (χ0n) is 16.6. The second-order valence-corrected chi connectivity index (χ2v) is 8.61. The highest BCUT2D eigenvalue weighted by molar-refractivity contribution is 7.99. The average Bonchev–Trinajstić information content (AvgIpc) is 2.72. The Morgan fingerprint density at radius 2 is 1.69 bits per heavy atom. The third-order valence-corrected chi connectivity index (χ3v) is 6.03. The second kappa shape index (κ2) is 9.62. The normalized spacial score (nSPS) is 18.7. The van der Waals surface area contributed by atoms with Gasteiger partial charge in [-0.25, -0.2) is 4.79 Å². The molecule has 2 aromatic rings. The highest BCUT2D eigenvalue weighted by Gasteiger charge is 2.26. The van der Waals surface area contributed by atoms with Gasteiger partial charge in [-0.15, -0.1) is 0 Å². The van der Waals surface area contributed by atoms with Crippen LogP contribution in [0.2, 0.25) is 0 Å². The van der Waals surface area contributed by atoms with Crippen molar-refractivity contribution in [3.63, 3.8) is 0 Å². The van der Waals surface area contributed by atoms with Crippen LogP contribution in [0.25, 0.3) is 0 Å². The quantitative estimate of drug-likeness (QED) is 0.687. The zero-order valence-corrected chi connectivity index (χ0v) is 17.4. The molecule has 6 heteroatoms. The fraction of sp³-hybridized carbons (Fsp3) is 0.348. The Kier molecular flexibility index (Phi) is 6.95. The number of hydrogen-bond donors (Lipinski definition) is 0. The van der Waals surface area contributed by atoms with Crippen LogP contribution in [0.15, 0.2) is 58.3 Å². The van der Waals surface area contributed by atoms with Gasteiger partial charge in [-0.2, -0.15) is 5.26 Å². The lowest BCUT2D eigenvalue weighted by Crippen LogP contribution is -2.44. The van der Waals surface area contributed by atoms with Crippen molar-refractivity contribution in [1.29, 1.82) is 5.26 Å². The number of piperidine rings is 1. The van der Waals surface area contributed by atoms with Crippen LogP contribution in [0.5, 0.6) is 0 Å². The summed E-state index contributed by atoms with van der Waals surface area (Å²) in [5.41, 5.74) is 0.933. The minimum absolute atomic E-state index is 0.156. The minimum Gasteiger partial charge on any atom is -0.452 e. The van der Waals surface area contributed by atoms with Gasteiger partial charge >= 0.3 is 5.97 Å². The molecule has 2 aromatic carbocycles. The van der Waals surface area contributed by atoms with E-state index >= 15 is 0 Å². The Balaban J connectivity index is 1.67. The average molecular weight is 409 g/mol. The number of nitrogens with zero attached hydrogens (tertiary/aromatic N) is 2. The molecule has 0 radical (unpaired) electrons. The van der Waals surface area contributed by atoms with Crippen molar-refractivity contribution in [2.45, 2.75) is 30.1 Å². The molecule has 2 unspecified atom stereocenters. The number of amides is 1. The van der Waals surface area contributed by atoms with E-state index in [4.69, 9.17) is 4.74 Å². The van der Waals surface area contributed by atoms with Crippen molar-refractivity contribution in [3.8, 4) is 6.07 Å². The molecule has 1 aliphatic heterocycles. The number of hydrogen-bond acceptors (Lipinski definition) is 5. The lowest BCUT2D eigenvalue weighted by atomic mass is 9.92. The molecule has 1 amide bonds. The predicted octanol–water partition coefficient (Wildman–Crippen LogP) is 4.37. The summed E-state index contributed by atoms with van der Waals surface area (Å²) in [5, 5.41) is 9.28. The summed E-state index contributed by atoms with van der Waals surface area (Å²) in [6.07, 6.45) is 1.11. The number of carbonyl (C=O) groups is 2. The van der Waals surface area contributed by atoms with Gasteiger partial charge in [-0.05, 0) is 42.5 Å². The molecule has 29 heavy (non-hydrogen) atoms. The molecule has 0 bridgehead atoms. The standard InChI is InChI=1S/C23H24N2O3S/c1-16-11-17(2)14-25(13-16)22(26)15-28-23(27)19-8-4-6-10-21(19)29-20-9-5-3-7-18(20)12-24/h3-10,16-17H,11,13-15H2,1-2H3. The molecule has 0 spiro atoms. The SMILES string of the molecule is CC1CC(C)CN(C(=O)COC(=O)c2ccccc2Sc2ccccc2C#N)C1. The first-order chi connectivity index (χ1) is 14.0. The van der Waals surface area contributed by atoms with Crippen LogP contribution >= 0.6 is 11.8 Å². The predicted molar refractivity (Wildman–Crippen MR) is 112 cm³/mol. The number of benzene rings is 2. The van der Waals surface area contributed by atoms with Gasteiger partial charge in [-0.1, -0.05) is 49.9 Å². The van der Waals surface area contributed by atoms with E-state index < -0.39 is 5.97 Å². The van der Waals surface area contributed by atoms with E-state index in [-0.39, 0.29) is 12.5 Å². The Hall–Kier alpha value is -2.78. The van der Waals surface area contributed by atoms with Crippen LogP contribution in [-0.2, 0) is 9.53 Å². The topological polar surface area (TPSA) is 70.4 Å². The molecule has 1 heterocycles. The smallest absolute Gasteiger partial charge is 0.339 e. The lowest BCUT2D eigenvalue weighted by Gasteiger charge is -2.34. The molecule has 150 valence electrons. The van der Waals surface area contributed by atoms with E-state index in [0.29, 0.717) is 40.9 Å². The Bertz CT molecular complexity index is 928. The molecule has 5 nitrogen and oxygen atoms in total. The van der Waals surface area contributed by atoms with Crippen LogP contribution in [0.3, 0.4) is 0 Å². The monoisotopic (exact) mass is 408 g/mol. The third kappa shape index (κ3) is 5.39. The summed E-state index contributed by atoms with van der Waals surface area (Å²) in [7, 11) is 0. The Morgan fingerprint density at radius 3 is 2.38 bits per heavy atom. The van der Waals surface area contributed by atoms with Crippen LogP contribution in [0.4, 0.5) is 0 Å². The van der Waals surface area contributed by atoms with Crippen LogP contribution in [0.1, 0.15) is 36.2 Å². The molecule has 1 saturated heterocycles. The number of rotatable bonds is 5. The van der Waals surface area contributed by atoms with Crippen LogP contribution in [0, 0.1) is 23.2 Å². The van der Waals surface area contributed by atoms with Crippen LogP contribution in [-0.4, -0.2) is 36.5 Å². The van der Waals surface area contributed by atoms with Crippen molar-refractivity contribution in [1.82, 2.24) is 4.90 Å². The summed E-state index contributed by atoms with van der Waals surface area (Å²) in [4.78, 5) is 28.4. The summed E-state index contributed by atoms with van der Waals surface area (Å²) in [5.74, 6) is 0.220. The van der Waals surface area contributed by atoms with Gasteiger partial charge in [-0.3, -0.25) is 4.79 Å². The molecule has 1 aliphatic rings. The number of ether oxygens (including phenoxy) is 1. The molecule has 0 aromatic heterocycles. The van der Waals surface area contributed by atoms with Gasteiger partial charge in [0.1, 0.15) is 6.07 Å². The van der Waals surface area contributed by atoms with Crippen molar-refractivity contribution >= 4 is 23.6 Å². The molecule has 3 rings (SSSR count). The molecule has 0 saturated carbocycles. The fourth-order valence-corrected chi connectivity index (χ4v) is 4.67. The third-order valence-electron chi connectivity index (χ3n) is 4.88. The van der Waals surface area contributed by atoms with Crippen molar-refractivity contribution < 1.29 is 14.3 Å². The maximum Gasteiger partial charge on any atom is 0.339 e. The van der Waals surface area contributed by atoms with Gasteiger partial charge < -0.3 is 9.64 Å². The van der Waals surface area contributed by atoms with E-state index in [2.05, 4.69) is 19.9 Å². The van der Waals surface area contributed by atoms with Gasteiger partial charge in [0.05, 0.1) is 11.1 Å². The van der Waals surface area contributed by atoms with E-state index in [1.807, 2.05) is 24.3 Å². The minimum atomic E-state index is -0.533. The number of carbonyl (C=O) groups excluding carboxylic acids is 2. The van der Waals surface area contributed by atoms with Gasteiger partial charge in [0.25, 0.3) is 5.91 Å². The molecule has 0 N–H and O–H groups in total. The highest BCUT2D eigenvalue weighted by Crippen LogP contribution is 2.33. The van der Waals surface area contributed by atoms with E-state index in [9.17, 15) is 14.9 Å². The summed E-state index contributed by atoms with van der Waals surface area (Å²) >= 11 is 1.34. The number of nitriles is 1. The number of likely N-dealkylation sites (tertiary alicyclic amines) is 1. The van der Waals surface area contributed by atoms with Gasteiger partial charge in [0.15, 0.2) is 6.61 Å². The Morgan fingerprint density at radius 1 is 1.07 bits per heavy atom. The summed E-state index contributed by atoms with van der Waals surface area (Å²) in [6.45, 7) is 5.42. The van der Waals surface area contributed by atoms with Crippen molar-refractivity contribution in [2.75, 3.05) is 19.7 Å². The van der Waals surface area contributed by atoms with Gasteiger partial charge in [0, 0.05) is 22.9 Å². The van der Waals surface area contributed by atoms with E-state index in [1.165, 1.54) is 11.8 Å². The molecule has 2 atom stereocenters. The maximum absolute atomic E-state index is 12.7. The van der Waals surface area contributed by atoms with Crippen molar-refractivity contribution in [2.24, 2.45) is 11.8 Å². The van der Waals surface area contributed by atoms with E-state index in [0.717, 1.165) is 11.3 Å². The Labute approximate surface area is 175 Å². The summed E-state index contributed by atoms with van der Waals surface area (Å²) in [6, 6.07) is 16.5. The second-order valence-electron chi connectivity index (χ2n) is 7.53. The van der Waals surface area contributed by atoms with E-state index in [1.54, 1.807) is 29.2 Å². The molecular formula is C23H24N2O3S. The molecular weight excluding hydrogens is 384 g/mol. The molecule has 1 fully saturated rings. The highest BCUT2D eigenvalue weighted by atomic mass is 32.2. The zero-order chi connectivity index (χ0) is 20.8. The first-order valence-electron chi connectivity index (χ1n) is 9.68. The van der Waals surface area contributed by atoms with Gasteiger partial charge in [0.2, 0.25) is 0 Å². The fourth-order valence-electron chi connectivity index (χ4n) is 3.65. The van der Waals surface area contributed by atoms with Crippen LogP contribution < -0.4 is 0 Å². The largest absolute Gasteiger partial charge is 0.452 e. The first-order valence-corrected chi connectivity index (χ1v) is 10.5.